The van der Waals surface area contributed by atoms with E-state index in [9.17, 15) is 14.4 Å². The van der Waals surface area contributed by atoms with Gasteiger partial charge in [0.2, 0.25) is 0 Å². The van der Waals surface area contributed by atoms with E-state index in [-0.39, 0.29) is 18.2 Å². The van der Waals surface area contributed by atoms with Crippen LogP contribution in [-0.4, -0.2) is 49.4 Å². The molecule has 0 saturated heterocycles. The molecule has 0 fully saturated rings. The van der Waals surface area contributed by atoms with Crippen LogP contribution in [0.4, 0.5) is 0 Å². The van der Waals surface area contributed by atoms with Gasteiger partial charge in [-0.25, -0.2) is 4.79 Å². The van der Waals surface area contributed by atoms with E-state index in [1.165, 1.54) is 19.1 Å². The average Bonchev–Trinajstić information content (AvgIpc) is 2.72. The molecule has 2 aromatic rings. The molecule has 6 nitrogen and oxygen atoms in total. The van der Waals surface area contributed by atoms with E-state index < -0.39 is 17.9 Å². The summed E-state index contributed by atoms with van der Waals surface area (Å²) in [6.45, 7) is 3.37. The van der Waals surface area contributed by atoms with E-state index in [0.29, 0.717) is 16.9 Å². The predicted octanol–water partition coefficient (Wildman–Crippen LogP) is 3.22. The van der Waals surface area contributed by atoms with Crippen molar-refractivity contribution in [1.82, 2.24) is 4.90 Å². The Bertz CT molecular complexity index is 832. The second-order valence-corrected chi connectivity index (χ2v) is 6.67. The van der Waals surface area contributed by atoms with Gasteiger partial charge in [-0.2, -0.15) is 0 Å². The fraction of sp³-hybridized carbons (Fsp3) is 0.318. The summed E-state index contributed by atoms with van der Waals surface area (Å²) in [7, 11) is 2.79. The van der Waals surface area contributed by atoms with Gasteiger partial charge in [0, 0.05) is 11.1 Å². The number of nitrogens with zero attached hydrogens (tertiary/aromatic N) is 1. The molecule has 0 aromatic heterocycles. The van der Waals surface area contributed by atoms with Crippen molar-refractivity contribution in [2.45, 2.75) is 19.9 Å². The van der Waals surface area contributed by atoms with E-state index in [2.05, 4.69) is 0 Å². The van der Waals surface area contributed by atoms with Crippen LogP contribution in [0.2, 0.25) is 0 Å². The van der Waals surface area contributed by atoms with Crippen LogP contribution in [0.1, 0.15) is 34.6 Å². The first-order valence-electron chi connectivity index (χ1n) is 9.00. The third-order valence-corrected chi connectivity index (χ3v) is 4.40. The van der Waals surface area contributed by atoms with Gasteiger partial charge < -0.3 is 14.4 Å². The molecule has 0 aliphatic heterocycles. The van der Waals surface area contributed by atoms with E-state index >= 15 is 0 Å². The van der Waals surface area contributed by atoms with Crippen molar-refractivity contribution in [1.29, 1.82) is 0 Å². The van der Waals surface area contributed by atoms with Gasteiger partial charge >= 0.3 is 5.97 Å². The van der Waals surface area contributed by atoms with Crippen LogP contribution in [-0.2, 0) is 9.53 Å². The van der Waals surface area contributed by atoms with Gasteiger partial charge in [-0.15, -0.1) is 0 Å². The van der Waals surface area contributed by atoms with Gasteiger partial charge in [-0.1, -0.05) is 44.2 Å². The van der Waals surface area contributed by atoms with Crippen molar-refractivity contribution < 1.29 is 23.9 Å². The highest BCUT2D eigenvalue weighted by molar-refractivity contribution is 6.03. The van der Waals surface area contributed by atoms with Crippen molar-refractivity contribution in [2.75, 3.05) is 20.8 Å². The molecule has 1 amide bonds. The Morgan fingerprint density at radius 3 is 2.14 bits per heavy atom. The van der Waals surface area contributed by atoms with Gasteiger partial charge in [-0.05, 0) is 30.2 Å². The second-order valence-electron chi connectivity index (χ2n) is 6.67. The molecule has 0 bridgehead atoms. The lowest BCUT2D eigenvalue weighted by atomic mass is 10.00. The van der Waals surface area contributed by atoms with Gasteiger partial charge in [0.15, 0.2) is 5.78 Å². The number of esters is 1. The van der Waals surface area contributed by atoms with Crippen molar-refractivity contribution in [3.05, 3.63) is 65.7 Å². The van der Waals surface area contributed by atoms with Crippen molar-refractivity contribution in [2.24, 2.45) is 5.92 Å². The lowest BCUT2D eigenvalue weighted by molar-refractivity contribution is -0.147. The summed E-state index contributed by atoms with van der Waals surface area (Å²) in [4.78, 5) is 39.7. The van der Waals surface area contributed by atoms with Crippen LogP contribution in [0.15, 0.2) is 54.6 Å². The molecule has 28 heavy (non-hydrogen) atoms. The van der Waals surface area contributed by atoms with Crippen LogP contribution in [0.25, 0.3) is 0 Å². The average molecular weight is 383 g/mol. The Balaban J connectivity index is 2.40. The summed E-state index contributed by atoms with van der Waals surface area (Å²) in [5.74, 6) is -0.949. The van der Waals surface area contributed by atoms with E-state index in [1.807, 2.05) is 13.8 Å². The molecular formula is C22H25NO5. The van der Waals surface area contributed by atoms with Crippen molar-refractivity contribution in [3.8, 4) is 5.75 Å². The quantitative estimate of drug-likeness (QED) is 0.517. The molecular weight excluding hydrogens is 358 g/mol. The Hall–Kier alpha value is -3.15. The van der Waals surface area contributed by atoms with E-state index in [4.69, 9.17) is 9.47 Å². The van der Waals surface area contributed by atoms with Crippen molar-refractivity contribution in [3.63, 3.8) is 0 Å². The largest absolute Gasteiger partial charge is 0.497 e. The summed E-state index contributed by atoms with van der Waals surface area (Å²) < 4.78 is 10.1. The SMILES string of the molecule is COC(=O)C(C(C)C)N(CC(=O)c1cccc(OC)c1)C(=O)c1ccccc1. The minimum atomic E-state index is -0.882. The maximum absolute atomic E-state index is 13.1. The summed E-state index contributed by atoms with van der Waals surface area (Å²) in [6, 6.07) is 14.4. The number of rotatable bonds is 8. The predicted molar refractivity (Wildman–Crippen MR) is 105 cm³/mol. The number of carbonyl (C=O) groups is 3. The van der Waals surface area contributed by atoms with Crippen LogP contribution in [0.3, 0.4) is 0 Å². The van der Waals surface area contributed by atoms with Crippen LogP contribution in [0.5, 0.6) is 5.75 Å². The summed E-state index contributed by atoms with van der Waals surface area (Å²) >= 11 is 0. The second kappa shape index (κ2) is 9.69. The molecule has 0 spiro atoms. The Labute approximate surface area is 165 Å². The van der Waals surface area contributed by atoms with Crippen molar-refractivity contribution >= 4 is 17.7 Å². The fourth-order valence-electron chi connectivity index (χ4n) is 2.97. The number of ketones is 1. The third kappa shape index (κ3) is 4.97. The van der Waals surface area contributed by atoms with Gasteiger partial charge in [0.25, 0.3) is 5.91 Å². The molecule has 1 atom stereocenters. The topological polar surface area (TPSA) is 72.9 Å². The van der Waals surface area contributed by atoms with Crippen LogP contribution in [0, 0.1) is 5.92 Å². The summed E-state index contributed by atoms with van der Waals surface area (Å²) in [5, 5.41) is 0. The van der Waals surface area contributed by atoms with Crippen LogP contribution < -0.4 is 4.74 Å². The Kier molecular flexibility index (Phi) is 7.32. The monoisotopic (exact) mass is 383 g/mol. The fourth-order valence-corrected chi connectivity index (χ4v) is 2.97. The van der Waals surface area contributed by atoms with Gasteiger partial charge in [0.05, 0.1) is 20.8 Å². The van der Waals surface area contributed by atoms with Gasteiger partial charge in [-0.3, -0.25) is 9.59 Å². The first-order valence-corrected chi connectivity index (χ1v) is 9.00. The Morgan fingerprint density at radius 2 is 1.57 bits per heavy atom. The normalized spacial score (nSPS) is 11.6. The molecule has 0 heterocycles. The molecule has 0 radical (unpaired) electrons. The molecule has 0 aliphatic carbocycles. The zero-order valence-corrected chi connectivity index (χ0v) is 16.5. The molecule has 148 valence electrons. The first kappa shape index (κ1) is 21.2. The third-order valence-electron chi connectivity index (χ3n) is 4.40. The summed E-state index contributed by atoms with van der Waals surface area (Å²) in [5.41, 5.74) is 0.799. The first-order chi connectivity index (χ1) is 13.4. The highest BCUT2D eigenvalue weighted by Gasteiger charge is 2.35. The number of Topliss-reactive ketones (excluding diaryl/α,β-unsaturated/α-hetero) is 1. The highest BCUT2D eigenvalue weighted by Crippen LogP contribution is 2.19. The summed E-state index contributed by atoms with van der Waals surface area (Å²) in [6.07, 6.45) is 0. The number of methoxy groups -OCH3 is 2. The molecule has 2 aromatic carbocycles. The lowest BCUT2D eigenvalue weighted by Crippen LogP contribution is -2.50. The number of hydrogen-bond acceptors (Lipinski definition) is 5. The maximum atomic E-state index is 13.1. The minimum Gasteiger partial charge on any atom is -0.497 e. The van der Waals surface area contributed by atoms with Gasteiger partial charge in [0.1, 0.15) is 11.8 Å². The lowest BCUT2D eigenvalue weighted by Gasteiger charge is -2.32. The van der Waals surface area contributed by atoms with Crippen LogP contribution >= 0.6 is 0 Å². The van der Waals surface area contributed by atoms with E-state index in [0.717, 1.165) is 0 Å². The zero-order chi connectivity index (χ0) is 20.7. The molecule has 1 unspecified atom stereocenters. The number of benzene rings is 2. The Morgan fingerprint density at radius 1 is 0.929 bits per heavy atom. The minimum absolute atomic E-state index is 0.238. The smallest absolute Gasteiger partial charge is 0.328 e. The standard InChI is InChI=1S/C22H25NO5/c1-15(2)20(22(26)28-4)23(21(25)16-9-6-5-7-10-16)14-19(24)17-11-8-12-18(13-17)27-3/h5-13,15,20H,14H2,1-4H3. The molecule has 2 rings (SSSR count). The molecule has 6 heteroatoms. The number of carbonyl (C=O) groups excluding carboxylic acids is 3. The number of amides is 1. The number of ether oxygens (including phenoxy) is 2. The zero-order valence-electron chi connectivity index (χ0n) is 16.5. The molecule has 0 aliphatic rings. The van der Waals surface area contributed by atoms with E-state index in [1.54, 1.807) is 54.6 Å². The molecule has 0 N–H and O–H groups in total. The highest BCUT2D eigenvalue weighted by atomic mass is 16.5. The number of hydrogen-bond donors (Lipinski definition) is 0. The molecule has 0 saturated carbocycles. The maximum Gasteiger partial charge on any atom is 0.328 e.